The minimum atomic E-state index is -0.118. The normalized spacial score (nSPS) is 31.7. The van der Waals surface area contributed by atoms with Crippen molar-refractivity contribution in [2.24, 2.45) is 0 Å². The molecule has 0 bridgehead atoms. The molecule has 1 aliphatic carbocycles. The molecule has 1 aromatic heterocycles. The molecule has 3 heterocycles. The Morgan fingerprint density at radius 3 is 2.86 bits per heavy atom. The van der Waals surface area contributed by atoms with E-state index < -0.39 is 0 Å². The highest BCUT2D eigenvalue weighted by Gasteiger charge is 2.49. The summed E-state index contributed by atoms with van der Waals surface area (Å²) in [5, 5.41) is 3.90. The lowest BCUT2D eigenvalue weighted by molar-refractivity contribution is -0.109. The van der Waals surface area contributed by atoms with Crippen molar-refractivity contribution in [2.75, 3.05) is 26.4 Å². The predicted octanol–water partition coefficient (Wildman–Crippen LogP) is 4.35. The smallest absolute Gasteiger partial charge is 0.0945 e. The largest absolute Gasteiger partial charge is 0.378 e. The molecular weight excluding hydrogens is 360 g/mol. The quantitative estimate of drug-likeness (QED) is 0.822. The van der Waals surface area contributed by atoms with Crippen molar-refractivity contribution in [1.29, 1.82) is 0 Å². The molecule has 1 spiro atoms. The molecule has 154 valence electrons. The number of aryl methyl sites for hydroxylation is 1. The number of fused-ring (bicyclic) bond motifs is 1. The summed E-state index contributed by atoms with van der Waals surface area (Å²) in [6.07, 6.45) is 9.80. The first-order chi connectivity index (χ1) is 14.3. The zero-order chi connectivity index (χ0) is 19.6. The van der Waals surface area contributed by atoms with Gasteiger partial charge < -0.3 is 14.8 Å². The van der Waals surface area contributed by atoms with E-state index in [1.54, 1.807) is 0 Å². The maximum Gasteiger partial charge on any atom is 0.0945 e. The van der Waals surface area contributed by atoms with Crippen molar-refractivity contribution >= 4 is 0 Å². The van der Waals surface area contributed by atoms with Gasteiger partial charge in [-0.15, -0.1) is 0 Å². The van der Waals surface area contributed by atoms with E-state index in [0.717, 1.165) is 52.0 Å². The molecule has 3 aliphatic rings. The Balaban J connectivity index is 1.34. The van der Waals surface area contributed by atoms with Gasteiger partial charge in [0.05, 0.1) is 12.2 Å². The van der Waals surface area contributed by atoms with E-state index in [2.05, 4.69) is 41.7 Å². The maximum atomic E-state index is 6.27. The van der Waals surface area contributed by atoms with Gasteiger partial charge in [-0.25, -0.2) is 0 Å². The molecule has 0 radical (unpaired) electrons. The highest BCUT2D eigenvalue weighted by molar-refractivity contribution is 5.32. The van der Waals surface area contributed by atoms with Crippen molar-refractivity contribution in [2.45, 2.75) is 62.0 Å². The maximum absolute atomic E-state index is 6.27. The molecule has 5 rings (SSSR count). The first kappa shape index (κ1) is 19.2. The van der Waals surface area contributed by atoms with Crippen molar-refractivity contribution in [3.8, 4) is 0 Å². The average molecular weight is 393 g/mol. The Bertz CT molecular complexity index is 819. The van der Waals surface area contributed by atoms with Crippen LogP contribution in [0.1, 0.15) is 61.4 Å². The first-order valence-electron chi connectivity index (χ1n) is 11.2. The van der Waals surface area contributed by atoms with E-state index >= 15 is 0 Å². The molecule has 3 atom stereocenters. The predicted molar refractivity (Wildman–Crippen MR) is 114 cm³/mol. The van der Waals surface area contributed by atoms with E-state index in [1.807, 2.05) is 12.3 Å². The van der Waals surface area contributed by atoms with E-state index in [-0.39, 0.29) is 11.0 Å². The molecule has 0 unspecified atom stereocenters. The van der Waals surface area contributed by atoms with Crippen molar-refractivity contribution < 1.29 is 9.47 Å². The number of nitrogens with one attached hydrogen (secondary N) is 1. The second kappa shape index (κ2) is 8.17. The van der Waals surface area contributed by atoms with E-state index in [1.165, 1.54) is 36.1 Å². The molecule has 2 aliphatic heterocycles. The summed E-state index contributed by atoms with van der Waals surface area (Å²) < 4.78 is 12.0. The van der Waals surface area contributed by atoms with Gasteiger partial charge in [-0.05, 0) is 68.3 Å². The molecule has 29 heavy (non-hydrogen) atoms. The number of ether oxygens (including phenoxy) is 2. The van der Waals surface area contributed by atoms with Crippen LogP contribution in [0.2, 0.25) is 0 Å². The van der Waals surface area contributed by atoms with Crippen LogP contribution in [0.15, 0.2) is 48.7 Å². The first-order valence-corrected chi connectivity index (χ1v) is 11.2. The second-order valence-electron chi connectivity index (χ2n) is 9.10. The SMILES string of the molecule is c1ccc([C@]2(CCN[C@H]3CCCc4ccccc43)CCO[C@]3(CCOC3)C2)nc1. The van der Waals surface area contributed by atoms with Gasteiger partial charge in [0, 0.05) is 43.0 Å². The van der Waals surface area contributed by atoms with Gasteiger partial charge in [0.2, 0.25) is 0 Å². The summed E-state index contributed by atoms with van der Waals surface area (Å²) in [5.41, 5.74) is 4.18. The molecular formula is C25H32N2O2. The third kappa shape index (κ3) is 3.86. The van der Waals surface area contributed by atoms with Gasteiger partial charge in [-0.3, -0.25) is 4.98 Å². The molecule has 1 N–H and O–H groups in total. The van der Waals surface area contributed by atoms with Gasteiger partial charge in [0.1, 0.15) is 0 Å². The fourth-order valence-electron chi connectivity index (χ4n) is 5.75. The van der Waals surface area contributed by atoms with Crippen LogP contribution in [0.5, 0.6) is 0 Å². The van der Waals surface area contributed by atoms with Crippen LogP contribution in [-0.4, -0.2) is 37.0 Å². The van der Waals surface area contributed by atoms with Crippen LogP contribution >= 0.6 is 0 Å². The summed E-state index contributed by atoms with van der Waals surface area (Å²) in [5.74, 6) is 0. The van der Waals surface area contributed by atoms with Crippen LogP contribution < -0.4 is 5.32 Å². The Morgan fingerprint density at radius 1 is 1.07 bits per heavy atom. The lowest BCUT2D eigenvalue weighted by Gasteiger charge is -2.46. The van der Waals surface area contributed by atoms with E-state index in [9.17, 15) is 0 Å². The molecule has 2 saturated heterocycles. The molecule has 2 aromatic rings. The number of hydrogen-bond donors (Lipinski definition) is 1. The van der Waals surface area contributed by atoms with Gasteiger partial charge in [-0.1, -0.05) is 30.3 Å². The Morgan fingerprint density at radius 2 is 2.00 bits per heavy atom. The highest BCUT2D eigenvalue weighted by Crippen LogP contribution is 2.46. The standard InChI is InChI=1S/C25H32N2O2/c1-2-8-21-20(6-1)7-5-9-22(21)26-15-11-24(23-10-3-4-14-27-23)12-17-29-25(18-24)13-16-28-19-25/h1-4,6,8,10,14,22,26H,5,7,9,11-13,15-19H2/t22-,24+,25+/m0/s1. The third-order valence-corrected chi connectivity index (χ3v) is 7.29. The molecule has 0 saturated carbocycles. The molecule has 0 amide bonds. The number of pyridine rings is 1. The lowest BCUT2D eigenvalue weighted by atomic mass is 9.68. The summed E-state index contributed by atoms with van der Waals surface area (Å²) in [6, 6.07) is 15.8. The van der Waals surface area contributed by atoms with Crippen molar-refractivity contribution in [3.05, 3.63) is 65.5 Å². The summed E-state index contributed by atoms with van der Waals surface area (Å²) in [4.78, 5) is 4.81. The monoisotopic (exact) mass is 392 g/mol. The molecule has 1 aromatic carbocycles. The van der Waals surface area contributed by atoms with Gasteiger partial charge in [0.15, 0.2) is 0 Å². The summed E-state index contributed by atoms with van der Waals surface area (Å²) in [7, 11) is 0. The van der Waals surface area contributed by atoms with Crippen molar-refractivity contribution in [1.82, 2.24) is 10.3 Å². The average Bonchev–Trinajstić information content (AvgIpc) is 3.22. The topological polar surface area (TPSA) is 43.4 Å². The Labute approximate surface area is 174 Å². The zero-order valence-corrected chi connectivity index (χ0v) is 17.2. The van der Waals surface area contributed by atoms with Crippen molar-refractivity contribution in [3.63, 3.8) is 0 Å². The fraction of sp³-hybridized carbons (Fsp3) is 0.560. The Hall–Kier alpha value is -1.75. The molecule has 4 heteroatoms. The van der Waals surface area contributed by atoms with Gasteiger partial charge in [0.25, 0.3) is 0 Å². The van der Waals surface area contributed by atoms with Crippen LogP contribution in [0.25, 0.3) is 0 Å². The second-order valence-corrected chi connectivity index (χ2v) is 9.10. The van der Waals surface area contributed by atoms with Crippen LogP contribution in [-0.2, 0) is 21.3 Å². The minimum Gasteiger partial charge on any atom is -0.378 e. The fourth-order valence-corrected chi connectivity index (χ4v) is 5.75. The molecule has 2 fully saturated rings. The highest BCUT2D eigenvalue weighted by atomic mass is 16.6. The van der Waals surface area contributed by atoms with Gasteiger partial charge >= 0.3 is 0 Å². The summed E-state index contributed by atoms with van der Waals surface area (Å²) in [6.45, 7) is 3.35. The summed E-state index contributed by atoms with van der Waals surface area (Å²) >= 11 is 0. The zero-order valence-electron chi connectivity index (χ0n) is 17.2. The lowest BCUT2D eigenvalue weighted by Crippen LogP contribution is -2.49. The third-order valence-electron chi connectivity index (χ3n) is 7.29. The van der Waals surface area contributed by atoms with E-state index in [4.69, 9.17) is 14.5 Å². The number of rotatable bonds is 5. The molecule has 4 nitrogen and oxygen atoms in total. The number of aromatic nitrogens is 1. The number of hydrogen-bond acceptors (Lipinski definition) is 4. The number of benzene rings is 1. The van der Waals surface area contributed by atoms with Crippen LogP contribution in [0.4, 0.5) is 0 Å². The van der Waals surface area contributed by atoms with E-state index in [0.29, 0.717) is 6.04 Å². The number of nitrogens with zero attached hydrogens (tertiary/aromatic N) is 1. The van der Waals surface area contributed by atoms with Crippen LogP contribution in [0, 0.1) is 0 Å². The van der Waals surface area contributed by atoms with Gasteiger partial charge in [-0.2, -0.15) is 0 Å². The minimum absolute atomic E-state index is 0.0639. The Kier molecular flexibility index (Phi) is 5.42. The van der Waals surface area contributed by atoms with Crippen LogP contribution in [0.3, 0.4) is 0 Å².